The summed E-state index contributed by atoms with van der Waals surface area (Å²) >= 11 is 0. The Morgan fingerprint density at radius 3 is 2.77 bits per heavy atom. The van der Waals surface area contributed by atoms with Gasteiger partial charge in [0.05, 0.1) is 24.7 Å². The molecule has 1 aliphatic rings. The fourth-order valence-corrected chi connectivity index (χ4v) is 3.34. The first-order valence-corrected chi connectivity index (χ1v) is 9.06. The minimum absolute atomic E-state index is 0.656. The van der Waals surface area contributed by atoms with Gasteiger partial charge in [0.2, 0.25) is 0 Å². The summed E-state index contributed by atoms with van der Waals surface area (Å²) in [4.78, 5) is 13.7. The highest BCUT2D eigenvalue weighted by Crippen LogP contribution is 2.24. The molecule has 1 aromatic carbocycles. The lowest BCUT2D eigenvalue weighted by atomic mass is 10.2. The monoisotopic (exact) mass is 352 g/mol. The lowest BCUT2D eigenvalue weighted by molar-refractivity contribution is 0.312. The average Bonchev–Trinajstić information content (AvgIpc) is 3.06. The Labute approximate surface area is 153 Å². The molecule has 0 N–H and O–H groups in total. The third kappa shape index (κ3) is 3.35. The van der Waals surface area contributed by atoms with Crippen molar-refractivity contribution in [1.29, 1.82) is 0 Å². The van der Waals surface area contributed by atoms with Crippen LogP contribution in [0.4, 0.5) is 5.82 Å². The zero-order valence-corrected chi connectivity index (χ0v) is 15.3. The number of hydrogen-bond donors (Lipinski definition) is 0. The predicted octanol–water partition coefficient (Wildman–Crippen LogP) is 2.03. The van der Waals surface area contributed by atoms with Crippen molar-refractivity contribution in [3.05, 3.63) is 42.4 Å². The molecule has 0 bridgehead atoms. The van der Waals surface area contributed by atoms with Gasteiger partial charge in [-0.2, -0.15) is 5.10 Å². The fraction of sp³-hybridized carbons (Fsp3) is 0.421. The van der Waals surface area contributed by atoms with Crippen LogP contribution in [0.15, 0.2) is 36.8 Å². The quantitative estimate of drug-likeness (QED) is 0.700. The topological polar surface area (TPSA) is 59.3 Å². The van der Waals surface area contributed by atoms with Crippen molar-refractivity contribution in [2.75, 3.05) is 44.7 Å². The van der Waals surface area contributed by atoms with Gasteiger partial charge in [-0.3, -0.25) is 0 Å². The van der Waals surface area contributed by atoms with Gasteiger partial charge in [0.15, 0.2) is 5.65 Å². The Morgan fingerprint density at radius 2 is 1.96 bits per heavy atom. The maximum absolute atomic E-state index is 5.59. The maximum Gasteiger partial charge on any atom is 0.163 e. The largest absolute Gasteiger partial charge is 0.494 e. The number of benzene rings is 1. The van der Waals surface area contributed by atoms with Crippen molar-refractivity contribution in [1.82, 2.24) is 24.6 Å². The number of piperazine rings is 1. The van der Waals surface area contributed by atoms with Crippen LogP contribution in [0.3, 0.4) is 0 Å². The molecular formula is C19H24N6O. The summed E-state index contributed by atoms with van der Waals surface area (Å²) in [7, 11) is 2.15. The van der Waals surface area contributed by atoms with Gasteiger partial charge < -0.3 is 14.5 Å². The van der Waals surface area contributed by atoms with Crippen LogP contribution in [0.2, 0.25) is 0 Å². The summed E-state index contributed by atoms with van der Waals surface area (Å²) in [6.07, 6.45) is 3.53. The van der Waals surface area contributed by atoms with E-state index in [9.17, 15) is 0 Å². The molecular weight excluding hydrogens is 328 g/mol. The van der Waals surface area contributed by atoms with Crippen LogP contribution in [-0.4, -0.2) is 64.5 Å². The molecule has 0 spiro atoms. The molecule has 136 valence electrons. The summed E-state index contributed by atoms with van der Waals surface area (Å²) < 4.78 is 7.53. The van der Waals surface area contributed by atoms with Crippen molar-refractivity contribution in [3.8, 4) is 5.75 Å². The van der Waals surface area contributed by atoms with Crippen LogP contribution >= 0.6 is 0 Å². The van der Waals surface area contributed by atoms with Crippen LogP contribution in [0, 0.1) is 0 Å². The van der Waals surface area contributed by atoms with Crippen LogP contribution in [0.1, 0.15) is 12.5 Å². The summed E-state index contributed by atoms with van der Waals surface area (Å²) in [5.41, 5.74) is 2.01. The normalized spacial score (nSPS) is 15.5. The Kier molecular flexibility index (Phi) is 4.71. The van der Waals surface area contributed by atoms with E-state index in [-0.39, 0.29) is 0 Å². The second-order valence-electron chi connectivity index (χ2n) is 6.61. The minimum atomic E-state index is 0.656. The van der Waals surface area contributed by atoms with Crippen LogP contribution in [0.5, 0.6) is 5.75 Å². The van der Waals surface area contributed by atoms with E-state index in [1.165, 1.54) is 0 Å². The van der Waals surface area contributed by atoms with Gasteiger partial charge in [-0.05, 0) is 31.7 Å². The van der Waals surface area contributed by atoms with E-state index >= 15 is 0 Å². The Hall–Kier alpha value is -2.67. The molecule has 3 heterocycles. The number of nitrogens with zero attached hydrogens (tertiary/aromatic N) is 6. The van der Waals surface area contributed by atoms with E-state index in [0.717, 1.165) is 54.3 Å². The summed E-state index contributed by atoms with van der Waals surface area (Å²) in [5, 5.41) is 5.59. The summed E-state index contributed by atoms with van der Waals surface area (Å²) in [6.45, 7) is 7.35. The highest BCUT2D eigenvalue weighted by atomic mass is 16.5. The van der Waals surface area contributed by atoms with Gasteiger partial charge in [0.1, 0.15) is 17.9 Å². The number of anilines is 1. The van der Waals surface area contributed by atoms with Crippen molar-refractivity contribution >= 4 is 16.9 Å². The molecule has 7 heteroatoms. The lowest BCUT2D eigenvalue weighted by Gasteiger charge is -2.33. The molecule has 7 nitrogen and oxygen atoms in total. The second kappa shape index (κ2) is 7.29. The van der Waals surface area contributed by atoms with E-state index in [1.54, 1.807) is 6.33 Å². The smallest absolute Gasteiger partial charge is 0.163 e. The molecule has 1 fully saturated rings. The number of rotatable bonds is 5. The number of likely N-dealkylation sites (N-methyl/N-ethyl adjacent to an activating group) is 1. The second-order valence-corrected chi connectivity index (χ2v) is 6.61. The third-order valence-corrected chi connectivity index (χ3v) is 4.76. The zero-order chi connectivity index (χ0) is 17.9. The molecule has 0 saturated carbocycles. The van der Waals surface area contributed by atoms with Crippen molar-refractivity contribution in [3.63, 3.8) is 0 Å². The Balaban J connectivity index is 1.61. The fourth-order valence-electron chi connectivity index (χ4n) is 3.34. The van der Waals surface area contributed by atoms with Gasteiger partial charge in [-0.1, -0.05) is 12.1 Å². The molecule has 4 rings (SSSR count). The SMILES string of the molecule is CCOc1cccc(Cn2ncc3c(N4CCN(C)CC4)ncnc32)c1. The maximum atomic E-state index is 5.59. The highest BCUT2D eigenvalue weighted by molar-refractivity contribution is 5.86. The average molecular weight is 352 g/mol. The van der Waals surface area contributed by atoms with Gasteiger partial charge >= 0.3 is 0 Å². The zero-order valence-electron chi connectivity index (χ0n) is 15.3. The number of fused-ring (bicyclic) bond motifs is 1. The molecule has 1 aliphatic heterocycles. The predicted molar refractivity (Wildman–Crippen MR) is 102 cm³/mol. The first kappa shape index (κ1) is 16.8. The minimum Gasteiger partial charge on any atom is -0.494 e. The van der Waals surface area contributed by atoms with Crippen molar-refractivity contribution in [2.45, 2.75) is 13.5 Å². The van der Waals surface area contributed by atoms with Crippen LogP contribution in [0.25, 0.3) is 11.0 Å². The Bertz CT molecular complexity index is 885. The molecule has 0 unspecified atom stereocenters. The molecule has 0 amide bonds. The van der Waals surface area contributed by atoms with E-state index in [2.05, 4.69) is 44.0 Å². The number of hydrogen-bond acceptors (Lipinski definition) is 6. The molecule has 26 heavy (non-hydrogen) atoms. The number of aromatic nitrogens is 4. The summed E-state index contributed by atoms with van der Waals surface area (Å²) in [6, 6.07) is 8.12. The lowest BCUT2D eigenvalue weighted by Crippen LogP contribution is -2.44. The van der Waals surface area contributed by atoms with E-state index in [4.69, 9.17) is 4.74 Å². The van der Waals surface area contributed by atoms with Crippen LogP contribution in [-0.2, 0) is 6.54 Å². The van der Waals surface area contributed by atoms with Crippen molar-refractivity contribution < 1.29 is 4.74 Å². The van der Waals surface area contributed by atoms with Crippen LogP contribution < -0.4 is 9.64 Å². The molecule has 3 aromatic rings. The highest BCUT2D eigenvalue weighted by Gasteiger charge is 2.19. The van der Waals surface area contributed by atoms with E-state index in [1.807, 2.05) is 29.9 Å². The van der Waals surface area contributed by atoms with Crippen molar-refractivity contribution in [2.24, 2.45) is 0 Å². The van der Waals surface area contributed by atoms with Gasteiger partial charge in [-0.15, -0.1) is 0 Å². The van der Waals surface area contributed by atoms with Gasteiger partial charge in [-0.25, -0.2) is 14.6 Å². The first-order chi connectivity index (χ1) is 12.7. The molecule has 2 aromatic heterocycles. The molecule has 1 saturated heterocycles. The summed E-state index contributed by atoms with van der Waals surface area (Å²) in [5.74, 6) is 1.87. The molecule has 0 aliphatic carbocycles. The number of ether oxygens (including phenoxy) is 1. The van der Waals surface area contributed by atoms with E-state index in [0.29, 0.717) is 13.2 Å². The Morgan fingerprint density at radius 1 is 1.12 bits per heavy atom. The van der Waals surface area contributed by atoms with Gasteiger partial charge in [0.25, 0.3) is 0 Å². The molecule has 0 radical (unpaired) electrons. The van der Waals surface area contributed by atoms with Gasteiger partial charge in [0, 0.05) is 26.2 Å². The third-order valence-electron chi connectivity index (χ3n) is 4.76. The first-order valence-electron chi connectivity index (χ1n) is 9.06. The van der Waals surface area contributed by atoms with E-state index < -0.39 is 0 Å². The standard InChI is InChI=1S/C19H24N6O/c1-3-26-16-6-4-5-15(11-16)13-25-19-17(12-22-25)18(20-14-21-19)24-9-7-23(2)8-10-24/h4-6,11-12,14H,3,7-10,13H2,1-2H3. The molecule has 0 atom stereocenters.